The lowest BCUT2D eigenvalue weighted by molar-refractivity contribution is -0.143. The number of rotatable bonds is 2. The maximum Gasteiger partial charge on any atom is 0.285 e. The molecule has 1 aromatic heterocycles. The van der Waals surface area contributed by atoms with Gasteiger partial charge in [0.05, 0.1) is 20.3 Å². The van der Waals surface area contributed by atoms with Crippen LogP contribution in [-0.2, 0) is 20.7 Å². The van der Waals surface area contributed by atoms with Crippen molar-refractivity contribution >= 4 is 11.7 Å². The van der Waals surface area contributed by atoms with E-state index in [9.17, 15) is 4.79 Å². The summed E-state index contributed by atoms with van der Waals surface area (Å²) in [7, 11) is 1.55. The van der Waals surface area contributed by atoms with E-state index in [4.69, 9.17) is 14.2 Å². The van der Waals surface area contributed by atoms with Gasteiger partial charge >= 0.3 is 0 Å². The third kappa shape index (κ3) is 1.83. The van der Waals surface area contributed by atoms with E-state index in [1.807, 2.05) is 6.07 Å². The van der Waals surface area contributed by atoms with Crippen LogP contribution in [0.3, 0.4) is 0 Å². The monoisotopic (exact) mass is 250 g/mol. The molecule has 0 unspecified atom stereocenters. The van der Waals surface area contributed by atoms with E-state index in [0.717, 1.165) is 12.0 Å². The molecule has 0 saturated carbocycles. The number of pyridine rings is 1. The second-order valence-electron chi connectivity index (χ2n) is 4.15. The predicted octanol–water partition coefficient (Wildman–Crippen LogP) is 0.352. The average molecular weight is 250 g/mol. The van der Waals surface area contributed by atoms with Gasteiger partial charge in [0.15, 0.2) is 0 Å². The molecule has 3 heterocycles. The van der Waals surface area contributed by atoms with E-state index in [1.54, 1.807) is 18.1 Å². The number of ether oxygens (including phenoxy) is 3. The fourth-order valence-corrected chi connectivity index (χ4v) is 2.18. The standard InChI is InChI=1S/C12H14N2O4/c1-16-9-3-2-8-4-5-14(10(8)13-9)11(15)12-17-6-7-18-12/h2-3,12H,4-7H2,1H3. The van der Waals surface area contributed by atoms with Crippen LogP contribution in [0.4, 0.5) is 5.82 Å². The molecule has 1 fully saturated rings. The van der Waals surface area contributed by atoms with E-state index < -0.39 is 6.29 Å². The third-order valence-corrected chi connectivity index (χ3v) is 3.09. The summed E-state index contributed by atoms with van der Waals surface area (Å²) in [6.45, 7) is 1.53. The van der Waals surface area contributed by atoms with Gasteiger partial charge in [0.25, 0.3) is 5.91 Å². The number of carbonyl (C=O) groups is 1. The number of anilines is 1. The first-order chi connectivity index (χ1) is 8.79. The van der Waals surface area contributed by atoms with E-state index >= 15 is 0 Å². The molecule has 6 heteroatoms. The molecule has 2 aliphatic heterocycles. The number of methoxy groups -OCH3 is 1. The van der Waals surface area contributed by atoms with Gasteiger partial charge in [-0.1, -0.05) is 0 Å². The van der Waals surface area contributed by atoms with Crippen molar-refractivity contribution in [3.8, 4) is 5.88 Å². The second-order valence-corrected chi connectivity index (χ2v) is 4.15. The first-order valence-electron chi connectivity index (χ1n) is 5.88. The molecule has 0 aliphatic carbocycles. The van der Waals surface area contributed by atoms with Gasteiger partial charge in [-0.25, -0.2) is 0 Å². The molecule has 96 valence electrons. The van der Waals surface area contributed by atoms with Gasteiger partial charge in [-0.15, -0.1) is 0 Å². The number of carbonyl (C=O) groups excluding carboxylic acids is 1. The fraction of sp³-hybridized carbons (Fsp3) is 0.500. The zero-order valence-electron chi connectivity index (χ0n) is 10.1. The molecule has 1 amide bonds. The summed E-state index contributed by atoms with van der Waals surface area (Å²) in [5.74, 6) is 0.965. The minimum Gasteiger partial charge on any atom is -0.481 e. The normalized spacial score (nSPS) is 19.1. The highest BCUT2D eigenvalue weighted by atomic mass is 16.7. The Morgan fingerprint density at radius 2 is 2.22 bits per heavy atom. The SMILES string of the molecule is COc1ccc2c(n1)N(C(=O)C1OCCO1)CC2. The summed E-state index contributed by atoms with van der Waals surface area (Å²) in [4.78, 5) is 18.1. The molecule has 18 heavy (non-hydrogen) atoms. The lowest BCUT2D eigenvalue weighted by atomic mass is 10.2. The smallest absolute Gasteiger partial charge is 0.285 e. The summed E-state index contributed by atoms with van der Waals surface area (Å²) >= 11 is 0. The Morgan fingerprint density at radius 1 is 1.44 bits per heavy atom. The van der Waals surface area contributed by atoms with Crippen molar-refractivity contribution in [3.05, 3.63) is 17.7 Å². The first-order valence-corrected chi connectivity index (χ1v) is 5.88. The van der Waals surface area contributed by atoms with E-state index in [1.165, 1.54) is 0 Å². The number of aromatic nitrogens is 1. The highest BCUT2D eigenvalue weighted by Crippen LogP contribution is 2.29. The van der Waals surface area contributed by atoms with Gasteiger partial charge in [-0.2, -0.15) is 4.98 Å². The number of nitrogens with zero attached hydrogens (tertiary/aromatic N) is 2. The Morgan fingerprint density at radius 3 is 2.94 bits per heavy atom. The molecular weight excluding hydrogens is 236 g/mol. The highest BCUT2D eigenvalue weighted by Gasteiger charge is 2.34. The molecule has 0 N–H and O–H groups in total. The van der Waals surface area contributed by atoms with E-state index in [-0.39, 0.29) is 5.91 Å². The first kappa shape index (κ1) is 11.4. The number of amides is 1. The summed E-state index contributed by atoms with van der Waals surface area (Å²) in [6.07, 6.45) is 0.00841. The van der Waals surface area contributed by atoms with Crippen LogP contribution in [-0.4, -0.2) is 44.0 Å². The van der Waals surface area contributed by atoms with Crippen LogP contribution < -0.4 is 9.64 Å². The molecule has 1 aromatic rings. The van der Waals surface area contributed by atoms with Gasteiger partial charge in [-0.3, -0.25) is 9.69 Å². The maximum atomic E-state index is 12.2. The molecule has 6 nitrogen and oxygen atoms in total. The van der Waals surface area contributed by atoms with Gasteiger partial charge in [0.2, 0.25) is 12.2 Å². The molecular formula is C12H14N2O4. The Labute approximate surface area is 104 Å². The maximum absolute atomic E-state index is 12.2. The van der Waals surface area contributed by atoms with Crippen molar-refractivity contribution in [2.75, 3.05) is 31.8 Å². The molecule has 1 saturated heterocycles. The highest BCUT2D eigenvalue weighted by molar-refractivity contribution is 5.96. The van der Waals surface area contributed by atoms with Crippen LogP contribution in [0.2, 0.25) is 0 Å². The summed E-state index contributed by atoms with van der Waals surface area (Å²) in [5.41, 5.74) is 1.04. The minimum absolute atomic E-state index is 0.188. The predicted molar refractivity (Wildman–Crippen MR) is 62.5 cm³/mol. The largest absolute Gasteiger partial charge is 0.481 e. The Hall–Kier alpha value is -1.66. The molecule has 0 spiro atoms. The third-order valence-electron chi connectivity index (χ3n) is 3.09. The topological polar surface area (TPSA) is 60.9 Å². The van der Waals surface area contributed by atoms with Crippen molar-refractivity contribution in [3.63, 3.8) is 0 Å². The number of fused-ring (bicyclic) bond motifs is 1. The average Bonchev–Trinajstić information content (AvgIpc) is 3.06. The van der Waals surface area contributed by atoms with Gasteiger partial charge in [0.1, 0.15) is 5.82 Å². The van der Waals surface area contributed by atoms with Crippen LogP contribution in [0.1, 0.15) is 5.56 Å². The molecule has 2 aliphatic rings. The lowest BCUT2D eigenvalue weighted by Crippen LogP contribution is -2.39. The Bertz CT molecular complexity index is 471. The van der Waals surface area contributed by atoms with Gasteiger partial charge in [-0.05, 0) is 18.1 Å². The minimum atomic E-state index is -0.788. The Balaban J connectivity index is 1.86. The van der Waals surface area contributed by atoms with Crippen LogP contribution in [0.5, 0.6) is 5.88 Å². The molecule has 0 atom stereocenters. The summed E-state index contributed by atoms with van der Waals surface area (Å²) < 4.78 is 15.5. The zero-order chi connectivity index (χ0) is 12.5. The molecule has 0 radical (unpaired) electrons. The molecule has 0 aromatic carbocycles. The van der Waals surface area contributed by atoms with Crippen molar-refractivity contribution in [2.45, 2.75) is 12.7 Å². The van der Waals surface area contributed by atoms with E-state index in [0.29, 0.717) is 31.5 Å². The van der Waals surface area contributed by atoms with Gasteiger partial charge < -0.3 is 14.2 Å². The number of hydrogen-bond acceptors (Lipinski definition) is 5. The van der Waals surface area contributed by atoms with Crippen molar-refractivity contribution in [1.29, 1.82) is 0 Å². The summed E-state index contributed by atoms with van der Waals surface area (Å²) in [6, 6.07) is 3.74. The van der Waals surface area contributed by atoms with Crippen LogP contribution in [0.25, 0.3) is 0 Å². The Kier molecular flexibility index (Phi) is 2.89. The quantitative estimate of drug-likeness (QED) is 0.758. The van der Waals surface area contributed by atoms with Crippen LogP contribution in [0.15, 0.2) is 12.1 Å². The lowest BCUT2D eigenvalue weighted by Gasteiger charge is -2.19. The van der Waals surface area contributed by atoms with Gasteiger partial charge in [0, 0.05) is 12.6 Å². The van der Waals surface area contributed by atoms with Crippen molar-refractivity contribution in [2.24, 2.45) is 0 Å². The van der Waals surface area contributed by atoms with Crippen LogP contribution in [0, 0.1) is 0 Å². The fourth-order valence-electron chi connectivity index (χ4n) is 2.18. The second kappa shape index (κ2) is 4.55. The van der Waals surface area contributed by atoms with E-state index in [2.05, 4.69) is 4.98 Å². The van der Waals surface area contributed by atoms with Crippen molar-refractivity contribution in [1.82, 2.24) is 4.98 Å². The molecule has 3 rings (SSSR count). The van der Waals surface area contributed by atoms with Crippen LogP contribution >= 0.6 is 0 Å². The summed E-state index contributed by atoms with van der Waals surface area (Å²) in [5, 5.41) is 0. The zero-order valence-corrected chi connectivity index (χ0v) is 10.1. The van der Waals surface area contributed by atoms with Crippen molar-refractivity contribution < 1.29 is 19.0 Å². The number of hydrogen-bond donors (Lipinski definition) is 0. The molecule has 0 bridgehead atoms.